The van der Waals surface area contributed by atoms with Crippen LogP contribution in [0.15, 0.2) is 48.5 Å². The molecule has 0 unspecified atom stereocenters. The Bertz CT molecular complexity index is 903. The number of hydrogen-bond acceptors (Lipinski definition) is 0. The van der Waals surface area contributed by atoms with Gasteiger partial charge in [-0.15, -0.1) is 0 Å². The van der Waals surface area contributed by atoms with Crippen LogP contribution in [0.4, 0.5) is 22.0 Å². The Morgan fingerprint density at radius 2 is 0.875 bits per heavy atom. The van der Waals surface area contributed by atoms with Gasteiger partial charge in [0.05, 0.1) is 0 Å². The number of fused-ring (bicyclic) bond motifs is 3. The molecule has 0 nitrogen and oxygen atoms in total. The van der Waals surface area contributed by atoms with Gasteiger partial charge in [0.15, 0.2) is 23.3 Å². The van der Waals surface area contributed by atoms with Crippen LogP contribution in [-0.2, 0) is 0 Å². The smallest absolute Gasteiger partial charge is 0.200 e. The molecule has 3 aromatic carbocycles. The molecule has 0 saturated heterocycles. The fraction of sp³-hybridized carbons (Fsp3) is 0.0526. The lowest BCUT2D eigenvalue weighted by Gasteiger charge is -2.17. The standard InChI is InChI=1S/C19H9F5/c20-15-14(16(21)18(23)19(24)17(15)22)13-11-7-3-1-5-9(11)10-6-2-4-8-12(10)13/h1-8,13H. The van der Waals surface area contributed by atoms with Crippen molar-refractivity contribution in [3.63, 3.8) is 0 Å². The van der Waals surface area contributed by atoms with E-state index in [1.165, 1.54) is 0 Å². The van der Waals surface area contributed by atoms with E-state index in [2.05, 4.69) is 0 Å². The second-order valence-electron chi connectivity index (χ2n) is 5.59. The zero-order valence-corrected chi connectivity index (χ0v) is 12.1. The van der Waals surface area contributed by atoms with E-state index in [0.717, 1.165) is 11.1 Å². The summed E-state index contributed by atoms with van der Waals surface area (Å²) in [5.74, 6) is -10.6. The van der Waals surface area contributed by atoms with Crippen molar-refractivity contribution < 1.29 is 22.0 Å². The first-order valence-corrected chi connectivity index (χ1v) is 7.22. The fourth-order valence-electron chi connectivity index (χ4n) is 3.34. The van der Waals surface area contributed by atoms with Gasteiger partial charge in [-0.3, -0.25) is 0 Å². The molecule has 5 heteroatoms. The first-order valence-electron chi connectivity index (χ1n) is 7.22. The highest BCUT2D eigenvalue weighted by Crippen LogP contribution is 2.49. The van der Waals surface area contributed by atoms with Crippen LogP contribution >= 0.6 is 0 Å². The van der Waals surface area contributed by atoms with E-state index in [9.17, 15) is 22.0 Å². The molecule has 0 N–H and O–H groups in total. The molecular weight excluding hydrogens is 323 g/mol. The Hall–Kier alpha value is -2.69. The lowest BCUT2D eigenvalue weighted by atomic mass is 9.88. The highest BCUT2D eigenvalue weighted by atomic mass is 19.2. The number of hydrogen-bond donors (Lipinski definition) is 0. The number of halogens is 5. The Balaban J connectivity index is 2.09. The Morgan fingerprint density at radius 1 is 0.500 bits per heavy atom. The molecule has 0 amide bonds. The van der Waals surface area contributed by atoms with E-state index in [1.807, 2.05) is 0 Å². The van der Waals surface area contributed by atoms with Crippen LogP contribution in [0.1, 0.15) is 22.6 Å². The summed E-state index contributed by atoms with van der Waals surface area (Å²) in [4.78, 5) is 0. The minimum absolute atomic E-state index is 0.516. The minimum atomic E-state index is -2.15. The van der Waals surface area contributed by atoms with E-state index in [1.54, 1.807) is 48.5 Å². The number of rotatable bonds is 1. The van der Waals surface area contributed by atoms with Gasteiger partial charge in [-0.1, -0.05) is 48.5 Å². The molecule has 0 aromatic heterocycles. The summed E-state index contributed by atoms with van der Waals surface area (Å²) in [7, 11) is 0. The van der Waals surface area contributed by atoms with Gasteiger partial charge in [-0.25, -0.2) is 22.0 Å². The third-order valence-electron chi connectivity index (χ3n) is 4.37. The van der Waals surface area contributed by atoms with Gasteiger partial charge in [0.25, 0.3) is 0 Å². The van der Waals surface area contributed by atoms with Crippen LogP contribution in [0.3, 0.4) is 0 Å². The van der Waals surface area contributed by atoms with E-state index >= 15 is 0 Å². The van der Waals surface area contributed by atoms with Crippen LogP contribution in [0.2, 0.25) is 0 Å². The quantitative estimate of drug-likeness (QED) is 0.244. The van der Waals surface area contributed by atoms with Gasteiger partial charge in [-0.05, 0) is 22.3 Å². The lowest BCUT2D eigenvalue weighted by Crippen LogP contribution is -2.12. The summed E-state index contributed by atoms with van der Waals surface area (Å²) < 4.78 is 69.3. The van der Waals surface area contributed by atoms with Gasteiger partial charge in [0, 0.05) is 11.5 Å². The van der Waals surface area contributed by atoms with Crippen LogP contribution in [0.25, 0.3) is 11.1 Å². The first-order chi connectivity index (χ1) is 11.5. The van der Waals surface area contributed by atoms with Crippen molar-refractivity contribution in [3.8, 4) is 11.1 Å². The number of benzene rings is 3. The van der Waals surface area contributed by atoms with Gasteiger partial charge >= 0.3 is 0 Å². The predicted octanol–water partition coefficient (Wildman–Crippen LogP) is 5.54. The first kappa shape index (κ1) is 14.9. The van der Waals surface area contributed by atoms with Gasteiger partial charge < -0.3 is 0 Å². The lowest BCUT2D eigenvalue weighted by molar-refractivity contribution is 0.369. The molecule has 0 fully saturated rings. The molecule has 24 heavy (non-hydrogen) atoms. The van der Waals surface area contributed by atoms with Crippen LogP contribution in [0, 0.1) is 29.1 Å². The summed E-state index contributed by atoms with van der Waals surface area (Å²) in [6.07, 6.45) is 0. The summed E-state index contributed by atoms with van der Waals surface area (Å²) in [5, 5.41) is 0. The third kappa shape index (κ3) is 1.84. The Morgan fingerprint density at radius 3 is 1.33 bits per heavy atom. The SMILES string of the molecule is Fc1c(F)c(F)c(C2c3ccccc3-c3ccccc32)c(F)c1F. The molecule has 0 aliphatic heterocycles. The molecular formula is C19H9F5. The zero-order valence-electron chi connectivity index (χ0n) is 12.1. The molecule has 1 aliphatic carbocycles. The summed E-state index contributed by atoms with van der Waals surface area (Å²) >= 11 is 0. The summed E-state index contributed by atoms with van der Waals surface area (Å²) in [6, 6.07) is 13.7. The summed E-state index contributed by atoms with van der Waals surface area (Å²) in [5.41, 5.74) is 1.66. The van der Waals surface area contributed by atoms with Crippen molar-refractivity contribution in [1.82, 2.24) is 0 Å². The topological polar surface area (TPSA) is 0 Å². The van der Waals surface area contributed by atoms with Crippen LogP contribution in [0.5, 0.6) is 0 Å². The largest absolute Gasteiger partial charge is 0.203 e. The zero-order chi connectivity index (χ0) is 17.0. The monoisotopic (exact) mass is 332 g/mol. The Kier molecular flexibility index (Phi) is 3.20. The fourth-order valence-corrected chi connectivity index (χ4v) is 3.34. The van der Waals surface area contributed by atoms with E-state index < -0.39 is 40.6 Å². The Labute approximate surface area is 134 Å². The minimum Gasteiger partial charge on any atom is -0.203 e. The van der Waals surface area contributed by atoms with Gasteiger partial charge in [0.1, 0.15) is 0 Å². The third-order valence-corrected chi connectivity index (χ3v) is 4.37. The molecule has 0 saturated carbocycles. The normalized spacial score (nSPS) is 13.0. The predicted molar refractivity (Wildman–Crippen MR) is 79.1 cm³/mol. The molecule has 0 spiro atoms. The van der Waals surface area contributed by atoms with Crippen molar-refractivity contribution in [1.29, 1.82) is 0 Å². The highest BCUT2D eigenvalue weighted by Gasteiger charge is 2.37. The van der Waals surface area contributed by atoms with Crippen LogP contribution < -0.4 is 0 Å². The van der Waals surface area contributed by atoms with Crippen molar-refractivity contribution in [3.05, 3.63) is 94.3 Å². The molecule has 0 bridgehead atoms. The molecule has 1 aliphatic rings. The average molecular weight is 332 g/mol. The highest BCUT2D eigenvalue weighted by molar-refractivity contribution is 5.80. The molecule has 0 atom stereocenters. The average Bonchev–Trinajstić information content (AvgIpc) is 2.94. The van der Waals surface area contributed by atoms with Crippen molar-refractivity contribution >= 4 is 0 Å². The molecule has 3 aromatic rings. The van der Waals surface area contributed by atoms with Crippen molar-refractivity contribution in [2.24, 2.45) is 0 Å². The van der Waals surface area contributed by atoms with E-state index in [0.29, 0.717) is 11.1 Å². The van der Waals surface area contributed by atoms with Crippen LogP contribution in [-0.4, -0.2) is 0 Å². The second kappa shape index (κ2) is 5.16. The molecule has 0 radical (unpaired) electrons. The molecule has 0 heterocycles. The van der Waals surface area contributed by atoms with Gasteiger partial charge in [-0.2, -0.15) is 0 Å². The molecule has 4 rings (SSSR count). The maximum Gasteiger partial charge on any atom is 0.200 e. The maximum atomic E-state index is 14.3. The van der Waals surface area contributed by atoms with E-state index in [4.69, 9.17) is 0 Å². The maximum absolute atomic E-state index is 14.3. The van der Waals surface area contributed by atoms with Crippen molar-refractivity contribution in [2.45, 2.75) is 5.92 Å². The van der Waals surface area contributed by atoms with E-state index in [-0.39, 0.29) is 0 Å². The van der Waals surface area contributed by atoms with Gasteiger partial charge in [0.2, 0.25) is 5.82 Å². The second-order valence-corrected chi connectivity index (χ2v) is 5.59. The molecule has 120 valence electrons. The summed E-state index contributed by atoms with van der Waals surface area (Å²) in [6.45, 7) is 0. The van der Waals surface area contributed by atoms with Crippen molar-refractivity contribution in [2.75, 3.05) is 0 Å².